The van der Waals surface area contributed by atoms with Crippen LogP contribution in [0.2, 0.25) is 0 Å². The van der Waals surface area contributed by atoms with E-state index >= 15 is 0 Å². The van der Waals surface area contributed by atoms with E-state index in [2.05, 4.69) is 54.0 Å². The molecule has 4 aromatic carbocycles. The van der Waals surface area contributed by atoms with Crippen LogP contribution < -0.4 is 31.9 Å². The summed E-state index contributed by atoms with van der Waals surface area (Å²) in [6.07, 6.45) is 3.58. The summed E-state index contributed by atoms with van der Waals surface area (Å²) in [7, 11) is 0. The van der Waals surface area contributed by atoms with Crippen molar-refractivity contribution in [2.45, 2.75) is 83.1 Å². The van der Waals surface area contributed by atoms with Gasteiger partial charge in [0.1, 0.15) is 30.2 Å². The number of nitrogens with one attached hydrogen (secondary N) is 8. The maximum atomic E-state index is 14.1. The molecule has 2 aliphatic heterocycles. The summed E-state index contributed by atoms with van der Waals surface area (Å²) in [4.78, 5) is 146. The van der Waals surface area contributed by atoms with Gasteiger partial charge in [0.2, 0.25) is 35.4 Å². The van der Waals surface area contributed by atoms with Gasteiger partial charge in [-0.1, -0.05) is 117 Å². The first kappa shape index (κ1) is 64.6. The molecule has 12 N–H and O–H groups in total. The molecule has 5 heterocycles. The Labute approximate surface area is 525 Å². The van der Waals surface area contributed by atoms with E-state index in [0.717, 1.165) is 62.5 Å². The molecule has 7 aromatic rings. The molecule has 9 rings (SSSR count). The van der Waals surface area contributed by atoms with E-state index in [9.17, 15) is 68.4 Å². The summed E-state index contributed by atoms with van der Waals surface area (Å²) < 4.78 is 0. The number of carbonyl (C=O) groups excluding carboxylic acids is 6. The van der Waals surface area contributed by atoms with Gasteiger partial charge in [-0.3, -0.25) is 47.9 Å². The Morgan fingerprint density at radius 3 is 1.09 bits per heavy atom. The Morgan fingerprint density at radius 1 is 0.391 bits per heavy atom. The van der Waals surface area contributed by atoms with Crippen molar-refractivity contribution in [1.29, 1.82) is 0 Å². The number of rotatable bonds is 25. The van der Waals surface area contributed by atoms with Crippen LogP contribution in [0.4, 0.5) is 5.69 Å². The second-order valence-corrected chi connectivity index (χ2v) is 22.1. The highest BCUT2D eigenvalue weighted by atomic mass is 16.4. The molecule has 470 valence electrons. The van der Waals surface area contributed by atoms with E-state index in [4.69, 9.17) is 9.97 Å². The fourth-order valence-electron chi connectivity index (χ4n) is 10.7. The molecule has 0 aliphatic carbocycles. The van der Waals surface area contributed by atoms with Gasteiger partial charge in [-0.25, -0.2) is 9.97 Å². The van der Waals surface area contributed by atoms with Crippen LogP contribution in [-0.2, 0) is 47.9 Å². The molecule has 0 spiro atoms. The lowest BCUT2D eigenvalue weighted by Crippen LogP contribution is -2.60. The number of aromatic nitrogens is 4. The van der Waals surface area contributed by atoms with Gasteiger partial charge in [0.15, 0.2) is 0 Å². The molecule has 3 aromatic heterocycles. The number of nitrogens with zero attached hydrogens (tertiary/aromatic N) is 2. The topological polar surface area (TPSA) is 381 Å². The number of fused-ring (bicyclic) bond motifs is 8. The Kier molecular flexibility index (Phi) is 20.4. The number of aromatic amines is 2. The maximum absolute atomic E-state index is 14.1. The van der Waals surface area contributed by atoms with Gasteiger partial charge in [0, 0.05) is 63.4 Å². The van der Waals surface area contributed by atoms with Gasteiger partial charge in [0.05, 0.1) is 42.0 Å². The Hall–Kier alpha value is -11.8. The first-order chi connectivity index (χ1) is 44.1. The molecule has 5 atom stereocenters. The molecular weight excluding hydrogens is 1180 g/mol. The minimum absolute atomic E-state index is 0.156. The van der Waals surface area contributed by atoms with Gasteiger partial charge < -0.3 is 62.3 Å². The first-order valence-corrected chi connectivity index (χ1v) is 29.2. The smallest absolute Gasteiger partial charge is 0.305 e. The van der Waals surface area contributed by atoms with Crippen LogP contribution in [0.3, 0.4) is 0 Å². The number of aliphatic carboxylic acids is 4. The number of carboxylic acids is 4. The largest absolute Gasteiger partial charge is 0.481 e. The molecule has 0 saturated heterocycles. The minimum Gasteiger partial charge on any atom is -0.481 e. The second-order valence-electron chi connectivity index (χ2n) is 22.1. The summed E-state index contributed by atoms with van der Waals surface area (Å²) >= 11 is 0. The van der Waals surface area contributed by atoms with E-state index in [-0.39, 0.29) is 5.69 Å². The van der Waals surface area contributed by atoms with Gasteiger partial charge in [-0.15, -0.1) is 0 Å². The average molecular weight is 1250 g/mol. The van der Waals surface area contributed by atoms with E-state index in [1.54, 1.807) is 24.3 Å². The molecule has 0 fully saturated rings. The van der Waals surface area contributed by atoms with Gasteiger partial charge in [-0.05, 0) is 95.3 Å². The van der Waals surface area contributed by atoms with E-state index in [0.29, 0.717) is 33.7 Å². The summed E-state index contributed by atoms with van der Waals surface area (Å²) in [5.74, 6) is -13.5. The third-order valence-electron chi connectivity index (χ3n) is 15.0. The van der Waals surface area contributed by atoms with Crippen LogP contribution in [0.15, 0.2) is 140 Å². The zero-order valence-corrected chi connectivity index (χ0v) is 49.9. The minimum atomic E-state index is -1.99. The van der Waals surface area contributed by atoms with Crippen molar-refractivity contribution in [2.75, 3.05) is 5.32 Å². The van der Waals surface area contributed by atoms with Crippen molar-refractivity contribution in [3.8, 4) is 44.5 Å². The Balaban J connectivity index is 1.02. The van der Waals surface area contributed by atoms with Crippen LogP contribution in [-0.4, -0.2) is 130 Å². The van der Waals surface area contributed by atoms with Crippen molar-refractivity contribution >= 4 is 111 Å². The quantitative estimate of drug-likeness (QED) is 0.0261. The lowest BCUT2D eigenvalue weighted by molar-refractivity contribution is -0.143. The zero-order chi connectivity index (χ0) is 65.8. The van der Waals surface area contributed by atoms with E-state index in [1.165, 1.54) is 13.8 Å². The molecule has 6 amide bonds. The highest BCUT2D eigenvalue weighted by Crippen LogP contribution is 2.39. The Morgan fingerprint density at radius 2 is 0.728 bits per heavy atom. The van der Waals surface area contributed by atoms with Crippen LogP contribution in [0, 0.1) is 5.92 Å². The standard InChI is InChI=1S/C68H64N10O14/c1-36(2)63(78-64(88)51(31-32-55(80)81)75-66(90)52(33-56(82)83)69-37(3)79)68(92)77-54(35-58(86)87)67(91)76-53(34-57(84)85)65(89)70-42-21-19-41(20-22-42)62-49-29-27-47(73-49)60(39-15-9-5-10-16-39)45-25-23-43(71-45)59(38-13-7-4-8-14-38)44-24-26-46(72-44)61(40-17-11-6-12-18-40)48-28-30-50(62)74-48/h4-30,36,51-54,63,71,74H,31-35H2,1-3H3,(H,69,79)(H,70,89)(H,75,90)(H,76,91)(H,77,92)(H,78,88)(H,80,81)(H,82,83)(H,84,85)(H,86,87)/t51-,52-,53-,54-,63-/m0/s1. The van der Waals surface area contributed by atoms with Crippen molar-refractivity contribution in [1.82, 2.24) is 46.5 Å². The third-order valence-corrected chi connectivity index (χ3v) is 15.0. The number of anilines is 1. The van der Waals surface area contributed by atoms with Crippen LogP contribution in [0.5, 0.6) is 0 Å². The molecule has 0 saturated carbocycles. The van der Waals surface area contributed by atoms with E-state index < -0.39 is 128 Å². The van der Waals surface area contributed by atoms with Crippen LogP contribution in [0.1, 0.15) is 75.7 Å². The molecule has 0 radical (unpaired) electrons. The van der Waals surface area contributed by atoms with Crippen molar-refractivity contribution in [3.05, 3.63) is 162 Å². The number of carbonyl (C=O) groups is 10. The molecule has 8 bridgehead atoms. The summed E-state index contributed by atoms with van der Waals surface area (Å²) in [6.45, 7) is 3.91. The van der Waals surface area contributed by atoms with Crippen molar-refractivity contribution < 1.29 is 68.4 Å². The molecule has 24 heteroatoms. The summed E-state index contributed by atoms with van der Waals surface area (Å²) in [6, 6.07) is 35.5. The predicted molar refractivity (Wildman–Crippen MR) is 343 cm³/mol. The first-order valence-electron chi connectivity index (χ1n) is 29.2. The monoisotopic (exact) mass is 1240 g/mol. The number of amides is 6. The van der Waals surface area contributed by atoms with Gasteiger partial charge in [0.25, 0.3) is 0 Å². The number of benzene rings is 4. The lowest BCUT2D eigenvalue weighted by atomic mass is 10.0. The maximum Gasteiger partial charge on any atom is 0.305 e. The molecule has 24 nitrogen and oxygen atoms in total. The fourth-order valence-corrected chi connectivity index (χ4v) is 10.7. The predicted octanol–water partition coefficient (Wildman–Crippen LogP) is 7.65. The average Bonchev–Trinajstić information content (AvgIpc) is 1.64. The lowest BCUT2D eigenvalue weighted by Gasteiger charge is -2.28. The molecule has 0 unspecified atom stereocenters. The fraction of sp³-hybridized carbons (Fsp3) is 0.206. The van der Waals surface area contributed by atoms with Crippen LogP contribution in [0.25, 0.3) is 90.9 Å². The number of hydrogen-bond donors (Lipinski definition) is 12. The second kappa shape index (κ2) is 29.0. The number of carboxylic acid groups (broad SMARTS) is 4. The van der Waals surface area contributed by atoms with Crippen LogP contribution >= 0.6 is 0 Å². The molecular formula is C68H64N10O14. The summed E-state index contributed by atoms with van der Waals surface area (Å²) in [5, 5.41) is 52.4. The van der Waals surface area contributed by atoms with Gasteiger partial charge >= 0.3 is 23.9 Å². The third kappa shape index (κ3) is 15.9. The SMILES string of the molecule is CC(=O)N[C@@H](CC(=O)O)C(=O)N[C@@H](CCC(=O)O)C(=O)N[C@H](C(=O)N[C@@H](CC(=O)O)C(=O)N[C@@H](CC(=O)O)C(=O)Nc1ccc(-c2c3nc(c(-c4ccccc4)c4ccc([nH]4)c(-c4ccccc4)c4nc(c(-c5ccccc5)c5ccc2[nH]5)C=C4)C=C3)cc1)C(C)C. The normalized spacial score (nSPS) is 13.1. The molecule has 92 heavy (non-hydrogen) atoms. The summed E-state index contributed by atoms with van der Waals surface area (Å²) in [5.41, 5.74) is 12.5. The Bertz CT molecular complexity index is 4210. The van der Waals surface area contributed by atoms with E-state index in [1.807, 2.05) is 127 Å². The zero-order valence-electron chi connectivity index (χ0n) is 49.9. The highest BCUT2D eigenvalue weighted by molar-refractivity contribution is 6.04. The van der Waals surface area contributed by atoms with Crippen molar-refractivity contribution in [2.24, 2.45) is 5.92 Å². The highest BCUT2D eigenvalue weighted by Gasteiger charge is 2.36. The molecule has 2 aliphatic rings. The number of hydrogen-bond acceptors (Lipinski definition) is 12. The van der Waals surface area contributed by atoms with Gasteiger partial charge in [-0.2, -0.15) is 0 Å². The number of H-pyrrole nitrogens is 2. The van der Waals surface area contributed by atoms with Crippen molar-refractivity contribution in [3.63, 3.8) is 0 Å².